The molecule has 4 unspecified atom stereocenters. The molecule has 2 N–H and O–H groups in total. The Balaban J connectivity index is 5.57. The van der Waals surface area contributed by atoms with Gasteiger partial charge in [0.15, 0.2) is 0 Å². The van der Waals surface area contributed by atoms with Crippen LogP contribution in [0, 0.1) is 23.2 Å². The molecule has 0 saturated carbocycles. The molecule has 4 heteroatoms. The molecule has 0 saturated heterocycles. The lowest BCUT2D eigenvalue weighted by Crippen LogP contribution is -2.47. The van der Waals surface area contributed by atoms with Crippen LogP contribution in [-0.4, -0.2) is 22.2 Å². The molecule has 0 heterocycles. The van der Waals surface area contributed by atoms with Gasteiger partial charge in [0.25, 0.3) is 0 Å². The molecule has 190 valence electrons. The standard InChI is InChI=1S/C28H54O4/c1-6-9-12-13-14-15-16-17-22-28(27(31)32,24(5)19-11-8-3)25(20-21-26(29)30)23(4)18-10-7-2/h23-25H,6-22H2,1-5H3,(H,29,30)(H,31,32). The molecule has 0 aliphatic carbocycles. The van der Waals surface area contributed by atoms with Crippen LogP contribution in [0.15, 0.2) is 0 Å². The summed E-state index contributed by atoms with van der Waals surface area (Å²) in [5, 5.41) is 20.0. The number of carbonyl (C=O) groups is 2. The van der Waals surface area contributed by atoms with Crippen molar-refractivity contribution in [1.29, 1.82) is 0 Å². The zero-order valence-corrected chi connectivity index (χ0v) is 22.0. The molecular weight excluding hydrogens is 400 g/mol. The fraction of sp³-hybridized carbons (Fsp3) is 0.929. The second-order valence-electron chi connectivity index (χ2n) is 10.3. The summed E-state index contributed by atoms with van der Waals surface area (Å²) >= 11 is 0. The van der Waals surface area contributed by atoms with E-state index in [0.717, 1.165) is 51.4 Å². The third kappa shape index (κ3) is 11.2. The fourth-order valence-corrected chi connectivity index (χ4v) is 5.65. The third-order valence-corrected chi connectivity index (χ3v) is 7.74. The topological polar surface area (TPSA) is 74.6 Å². The first-order valence-electron chi connectivity index (χ1n) is 13.7. The van der Waals surface area contributed by atoms with Crippen molar-refractivity contribution in [2.24, 2.45) is 23.2 Å². The molecule has 0 aromatic heterocycles. The summed E-state index contributed by atoms with van der Waals surface area (Å²) in [6, 6.07) is 0. The number of aliphatic carboxylic acids is 2. The van der Waals surface area contributed by atoms with Gasteiger partial charge in [0, 0.05) is 6.42 Å². The SMILES string of the molecule is CCCCCCCCCCC(C(=O)O)(C(C)CCCC)C(CCC(=O)O)C(C)CCCC. The molecule has 0 rings (SSSR count). The molecule has 0 aromatic carbocycles. The maximum Gasteiger partial charge on any atom is 0.310 e. The zero-order chi connectivity index (χ0) is 24.4. The molecule has 0 fully saturated rings. The maximum absolute atomic E-state index is 13.0. The molecular formula is C28H54O4. The minimum atomic E-state index is -0.819. The fourth-order valence-electron chi connectivity index (χ4n) is 5.65. The number of carboxylic acids is 2. The summed E-state index contributed by atoms with van der Waals surface area (Å²) in [4.78, 5) is 24.4. The second-order valence-corrected chi connectivity index (χ2v) is 10.3. The van der Waals surface area contributed by atoms with Gasteiger partial charge < -0.3 is 10.2 Å². The Morgan fingerprint density at radius 2 is 1.19 bits per heavy atom. The Hall–Kier alpha value is -1.06. The molecule has 0 aromatic rings. The molecule has 32 heavy (non-hydrogen) atoms. The van der Waals surface area contributed by atoms with Crippen molar-refractivity contribution in [3.05, 3.63) is 0 Å². The van der Waals surface area contributed by atoms with Gasteiger partial charge in [0.05, 0.1) is 5.41 Å². The van der Waals surface area contributed by atoms with Crippen molar-refractivity contribution in [1.82, 2.24) is 0 Å². The van der Waals surface area contributed by atoms with Gasteiger partial charge in [-0.15, -0.1) is 0 Å². The van der Waals surface area contributed by atoms with Crippen LogP contribution in [-0.2, 0) is 9.59 Å². The van der Waals surface area contributed by atoms with E-state index >= 15 is 0 Å². The average Bonchev–Trinajstić information content (AvgIpc) is 2.75. The van der Waals surface area contributed by atoms with Crippen LogP contribution in [0.3, 0.4) is 0 Å². The highest BCUT2D eigenvalue weighted by Crippen LogP contribution is 2.49. The van der Waals surface area contributed by atoms with E-state index in [1.54, 1.807) is 0 Å². The first-order chi connectivity index (χ1) is 15.3. The number of hydrogen-bond donors (Lipinski definition) is 2. The zero-order valence-electron chi connectivity index (χ0n) is 22.0. The minimum Gasteiger partial charge on any atom is -0.481 e. The summed E-state index contributed by atoms with van der Waals surface area (Å²) in [5.41, 5.74) is -0.819. The van der Waals surface area contributed by atoms with E-state index in [2.05, 4.69) is 34.6 Å². The van der Waals surface area contributed by atoms with E-state index in [9.17, 15) is 19.8 Å². The average molecular weight is 455 g/mol. The highest BCUT2D eigenvalue weighted by Gasteiger charge is 2.50. The minimum absolute atomic E-state index is 0.0624. The third-order valence-electron chi connectivity index (χ3n) is 7.74. The first-order valence-corrected chi connectivity index (χ1v) is 13.7. The van der Waals surface area contributed by atoms with E-state index in [4.69, 9.17) is 0 Å². The van der Waals surface area contributed by atoms with Crippen molar-refractivity contribution in [2.75, 3.05) is 0 Å². The highest BCUT2D eigenvalue weighted by molar-refractivity contribution is 5.76. The molecule has 0 radical (unpaired) electrons. The molecule has 0 aliphatic rings. The Morgan fingerprint density at radius 3 is 1.69 bits per heavy atom. The Bertz CT molecular complexity index is 490. The summed E-state index contributed by atoms with van der Waals surface area (Å²) in [5.74, 6) is -1.30. The Morgan fingerprint density at radius 1 is 0.688 bits per heavy atom. The van der Waals surface area contributed by atoms with Crippen LogP contribution in [0.4, 0.5) is 0 Å². The van der Waals surface area contributed by atoms with Crippen molar-refractivity contribution in [3.63, 3.8) is 0 Å². The van der Waals surface area contributed by atoms with Gasteiger partial charge in [-0.25, -0.2) is 0 Å². The summed E-state index contributed by atoms with van der Waals surface area (Å²) in [7, 11) is 0. The molecule has 0 bridgehead atoms. The Kier molecular flexibility index (Phi) is 17.8. The second kappa shape index (κ2) is 18.4. The van der Waals surface area contributed by atoms with E-state index in [1.807, 2.05) is 0 Å². The molecule has 0 spiro atoms. The Labute approximate surface area is 199 Å². The predicted octanol–water partition coefficient (Wildman–Crippen LogP) is 8.72. The normalized spacial score (nSPS) is 16.3. The highest BCUT2D eigenvalue weighted by atomic mass is 16.4. The van der Waals surface area contributed by atoms with Crippen LogP contribution in [0.5, 0.6) is 0 Å². The van der Waals surface area contributed by atoms with Crippen molar-refractivity contribution < 1.29 is 19.8 Å². The number of rotatable bonds is 22. The summed E-state index contributed by atoms with van der Waals surface area (Å²) < 4.78 is 0. The van der Waals surface area contributed by atoms with Crippen LogP contribution < -0.4 is 0 Å². The lowest BCUT2D eigenvalue weighted by atomic mass is 9.58. The van der Waals surface area contributed by atoms with Gasteiger partial charge in [-0.1, -0.05) is 118 Å². The quantitative estimate of drug-likeness (QED) is 0.160. The van der Waals surface area contributed by atoms with Crippen molar-refractivity contribution in [3.8, 4) is 0 Å². The number of unbranched alkanes of at least 4 members (excludes halogenated alkanes) is 9. The summed E-state index contributed by atoms with van der Waals surface area (Å²) in [6.45, 7) is 10.8. The van der Waals surface area contributed by atoms with Crippen LogP contribution >= 0.6 is 0 Å². The van der Waals surface area contributed by atoms with Gasteiger partial charge in [0.2, 0.25) is 0 Å². The van der Waals surface area contributed by atoms with Crippen molar-refractivity contribution >= 4 is 11.9 Å². The molecule has 0 aliphatic heterocycles. The van der Waals surface area contributed by atoms with Gasteiger partial charge in [0.1, 0.15) is 0 Å². The van der Waals surface area contributed by atoms with Gasteiger partial charge in [-0.3, -0.25) is 9.59 Å². The van der Waals surface area contributed by atoms with E-state index < -0.39 is 17.4 Å². The monoisotopic (exact) mass is 454 g/mol. The lowest BCUT2D eigenvalue weighted by molar-refractivity contribution is -0.162. The van der Waals surface area contributed by atoms with Crippen molar-refractivity contribution in [2.45, 2.75) is 144 Å². The lowest BCUT2D eigenvalue weighted by Gasteiger charge is -2.45. The maximum atomic E-state index is 13.0. The molecule has 0 amide bonds. The van der Waals surface area contributed by atoms with E-state index in [1.165, 1.54) is 38.5 Å². The summed E-state index contributed by atoms with van der Waals surface area (Å²) in [6.07, 6.45) is 16.9. The first kappa shape index (κ1) is 30.9. The smallest absolute Gasteiger partial charge is 0.310 e. The number of carboxylic acid groups (broad SMARTS) is 2. The van der Waals surface area contributed by atoms with Crippen LogP contribution in [0.2, 0.25) is 0 Å². The largest absolute Gasteiger partial charge is 0.481 e. The van der Waals surface area contributed by atoms with Crippen LogP contribution in [0.1, 0.15) is 144 Å². The van der Waals surface area contributed by atoms with E-state index in [0.29, 0.717) is 12.8 Å². The molecule has 4 nitrogen and oxygen atoms in total. The van der Waals surface area contributed by atoms with Gasteiger partial charge in [-0.2, -0.15) is 0 Å². The van der Waals surface area contributed by atoms with Crippen LogP contribution in [0.25, 0.3) is 0 Å². The van der Waals surface area contributed by atoms with Gasteiger partial charge in [-0.05, 0) is 37.0 Å². The van der Waals surface area contributed by atoms with Gasteiger partial charge >= 0.3 is 11.9 Å². The van der Waals surface area contributed by atoms with E-state index in [-0.39, 0.29) is 24.2 Å². The molecule has 4 atom stereocenters. The number of hydrogen-bond acceptors (Lipinski definition) is 2. The predicted molar refractivity (Wildman–Crippen MR) is 135 cm³/mol.